The van der Waals surface area contributed by atoms with Gasteiger partial charge in [0.05, 0.1) is 6.04 Å². The highest BCUT2D eigenvalue weighted by atomic mass is 15.2. The van der Waals surface area contributed by atoms with E-state index in [4.69, 9.17) is 5.84 Å². The summed E-state index contributed by atoms with van der Waals surface area (Å²) in [6.07, 6.45) is 7.02. The van der Waals surface area contributed by atoms with Gasteiger partial charge in [-0.25, -0.2) is 15.4 Å². The van der Waals surface area contributed by atoms with E-state index in [1.54, 1.807) is 12.4 Å². The van der Waals surface area contributed by atoms with Crippen molar-refractivity contribution in [3.63, 3.8) is 0 Å². The standard InChI is InChI=1S/C9H14N4/c1-7(2)3-9(13-10)8-4-11-6-12-5-8/h3-6,9,13H,10H2,1-2H3. The van der Waals surface area contributed by atoms with Gasteiger partial charge in [-0.1, -0.05) is 11.6 Å². The summed E-state index contributed by atoms with van der Waals surface area (Å²) in [5.74, 6) is 5.40. The Balaban J connectivity index is 2.85. The molecular formula is C9H14N4. The summed E-state index contributed by atoms with van der Waals surface area (Å²) in [6.45, 7) is 4.04. The molecule has 0 saturated heterocycles. The van der Waals surface area contributed by atoms with Gasteiger partial charge in [0.15, 0.2) is 0 Å². The van der Waals surface area contributed by atoms with Gasteiger partial charge in [-0.05, 0) is 13.8 Å². The van der Waals surface area contributed by atoms with E-state index in [1.165, 1.54) is 11.9 Å². The van der Waals surface area contributed by atoms with Crippen LogP contribution in [-0.4, -0.2) is 9.97 Å². The molecule has 1 aromatic rings. The second-order valence-corrected chi connectivity index (χ2v) is 3.06. The van der Waals surface area contributed by atoms with E-state index in [0.717, 1.165) is 5.56 Å². The molecule has 0 radical (unpaired) electrons. The Labute approximate surface area is 77.9 Å². The Bertz CT molecular complexity index is 277. The first-order chi connectivity index (χ1) is 6.24. The van der Waals surface area contributed by atoms with E-state index >= 15 is 0 Å². The molecule has 0 saturated carbocycles. The van der Waals surface area contributed by atoms with Crippen LogP contribution in [-0.2, 0) is 0 Å². The Morgan fingerprint density at radius 1 is 1.46 bits per heavy atom. The minimum Gasteiger partial charge on any atom is -0.271 e. The molecule has 4 heteroatoms. The van der Waals surface area contributed by atoms with Crippen LogP contribution in [0, 0.1) is 0 Å². The number of nitrogens with one attached hydrogen (secondary N) is 1. The summed E-state index contributed by atoms with van der Waals surface area (Å²) in [5.41, 5.74) is 4.86. The maximum Gasteiger partial charge on any atom is 0.115 e. The fraction of sp³-hybridized carbons (Fsp3) is 0.333. The molecule has 1 atom stereocenters. The van der Waals surface area contributed by atoms with E-state index in [9.17, 15) is 0 Å². The van der Waals surface area contributed by atoms with Crippen LogP contribution in [0.25, 0.3) is 0 Å². The summed E-state index contributed by atoms with van der Waals surface area (Å²) in [7, 11) is 0. The van der Waals surface area contributed by atoms with Gasteiger partial charge in [0, 0.05) is 18.0 Å². The highest BCUT2D eigenvalue weighted by molar-refractivity contribution is 5.17. The normalized spacial score (nSPS) is 12.2. The van der Waals surface area contributed by atoms with Gasteiger partial charge in [-0.15, -0.1) is 0 Å². The van der Waals surface area contributed by atoms with Crippen LogP contribution in [0.3, 0.4) is 0 Å². The SMILES string of the molecule is CC(C)=CC(NN)c1cncnc1. The molecule has 1 rings (SSSR count). The second-order valence-electron chi connectivity index (χ2n) is 3.06. The molecule has 70 valence electrons. The fourth-order valence-electron chi connectivity index (χ4n) is 1.05. The average Bonchev–Trinajstić information content (AvgIpc) is 2.15. The summed E-state index contributed by atoms with van der Waals surface area (Å²) in [6, 6.07) is -0.00815. The molecule has 1 heterocycles. The Hall–Kier alpha value is -1.26. The van der Waals surface area contributed by atoms with Crippen LogP contribution < -0.4 is 11.3 Å². The zero-order valence-electron chi connectivity index (χ0n) is 7.86. The molecule has 0 aromatic carbocycles. The number of allylic oxidation sites excluding steroid dienone is 1. The van der Waals surface area contributed by atoms with Crippen molar-refractivity contribution in [1.29, 1.82) is 0 Å². The molecule has 0 amide bonds. The van der Waals surface area contributed by atoms with Crippen molar-refractivity contribution in [2.75, 3.05) is 0 Å². The van der Waals surface area contributed by atoms with Gasteiger partial charge in [-0.2, -0.15) is 0 Å². The van der Waals surface area contributed by atoms with Crippen LogP contribution in [0.2, 0.25) is 0 Å². The third kappa shape index (κ3) is 2.93. The maximum atomic E-state index is 5.40. The van der Waals surface area contributed by atoms with Gasteiger partial charge in [0.25, 0.3) is 0 Å². The second kappa shape index (κ2) is 4.69. The molecule has 0 bridgehead atoms. The molecule has 0 fully saturated rings. The highest BCUT2D eigenvalue weighted by Crippen LogP contribution is 2.12. The number of nitrogens with two attached hydrogens (primary N) is 1. The van der Waals surface area contributed by atoms with Crippen molar-refractivity contribution in [2.45, 2.75) is 19.9 Å². The van der Waals surface area contributed by atoms with Crippen LogP contribution in [0.1, 0.15) is 25.5 Å². The van der Waals surface area contributed by atoms with Gasteiger partial charge in [-0.3, -0.25) is 5.84 Å². The van der Waals surface area contributed by atoms with E-state index in [0.29, 0.717) is 0 Å². The van der Waals surface area contributed by atoms with Crippen molar-refractivity contribution in [1.82, 2.24) is 15.4 Å². The van der Waals surface area contributed by atoms with Crippen molar-refractivity contribution >= 4 is 0 Å². The largest absolute Gasteiger partial charge is 0.271 e. The van der Waals surface area contributed by atoms with Gasteiger partial charge < -0.3 is 0 Å². The smallest absolute Gasteiger partial charge is 0.115 e. The predicted octanol–water partition coefficient (Wildman–Crippen LogP) is 0.947. The van der Waals surface area contributed by atoms with Crippen molar-refractivity contribution < 1.29 is 0 Å². The van der Waals surface area contributed by atoms with Crippen LogP contribution in [0.15, 0.2) is 30.4 Å². The molecule has 1 unspecified atom stereocenters. The van der Waals surface area contributed by atoms with Crippen LogP contribution >= 0.6 is 0 Å². The van der Waals surface area contributed by atoms with E-state index in [2.05, 4.69) is 15.4 Å². The van der Waals surface area contributed by atoms with Gasteiger partial charge in [0.2, 0.25) is 0 Å². The third-order valence-corrected chi connectivity index (χ3v) is 1.62. The predicted molar refractivity (Wildman–Crippen MR) is 51.5 cm³/mol. The highest BCUT2D eigenvalue weighted by Gasteiger charge is 2.05. The number of hydrogen-bond donors (Lipinski definition) is 2. The molecule has 0 aliphatic carbocycles. The number of nitrogens with zero attached hydrogens (tertiary/aromatic N) is 2. The van der Waals surface area contributed by atoms with E-state index in [1.807, 2.05) is 19.9 Å². The number of aromatic nitrogens is 2. The molecule has 1 aromatic heterocycles. The molecule has 13 heavy (non-hydrogen) atoms. The minimum atomic E-state index is -0.00815. The topological polar surface area (TPSA) is 63.8 Å². The van der Waals surface area contributed by atoms with Crippen molar-refractivity contribution in [3.8, 4) is 0 Å². The molecule has 0 spiro atoms. The first kappa shape index (κ1) is 9.83. The first-order valence-electron chi connectivity index (χ1n) is 4.10. The number of hydrazine groups is 1. The third-order valence-electron chi connectivity index (χ3n) is 1.62. The molecule has 3 N–H and O–H groups in total. The maximum absolute atomic E-state index is 5.40. The number of hydrogen-bond acceptors (Lipinski definition) is 4. The lowest BCUT2D eigenvalue weighted by Gasteiger charge is -2.11. The van der Waals surface area contributed by atoms with Gasteiger partial charge >= 0.3 is 0 Å². The van der Waals surface area contributed by atoms with Crippen molar-refractivity contribution in [2.24, 2.45) is 5.84 Å². The van der Waals surface area contributed by atoms with E-state index in [-0.39, 0.29) is 6.04 Å². The zero-order chi connectivity index (χ0) is 9.68. The zero-order valence-corrected chi connectivity index (χ0v) is 7.86. The van der Waals surface area contributed by atoms with Crippen LogP contribution in [0.5, 0.6) is 0 Å². The molecule has 0 aliphatic rings. The Morgan fingerprint density at radius 2 is 2.08 bits per heavy atom. The summed E-state index contributed by atoms with van der Waals surface area (Å²) >= 11 is 0. The molecule has 4 nitrogen and oxygen atoms in total. The lowest BCUT2D eigenvalue weighted by Crippen LogP contribution is -2.26. The lowest BCUT2D eigenvalue weighted by molar-refractivity contribution is 0.646. The van der Waals surface area contributed by atoms with Crippen molar-refractivity contribution in [3.05, 3.63) is 35.9 Å². The molecule has 0 aliphatic heterocycles. The minimum absolute atomic E-state index is 0.00815. The monoisotopic (exact) mass is 178 g/mol. The first-order valence-corrected chi connectivity index (χ1v) is 4.10. The van der Waals surface area contributed by atoms with Crippen LogP contribution in [0.4, 0.5) is 0 Å². The quantitative estimate of drug-likeness (QED) is 0.411. The number of rotatable bonds is 3. The fourth-order valence-corrected chi connectivity index (χ4v) is 1.05. The lowest BCUT2D eigenvalue weighted by atomic mass is 10.1. The summed E-state index contributed by atoms with van der Waals surface area (Å²) < 4.78 is 0. The van der Waals surface area contributed by atoms with E-state index < -0.39 is 0 Å². The summed E-state index contributed by atoms with van der Waals surface area (Å²) in [5, 5.41) is 0. The summed E-state index contributed by atoms with van der Waals surface area (Å²) in [4.78, 5) is 7.85. The Morgan fingerprint density at radius 3 is 2.54 bits per heavy atom. The Kier molecular flexibility index (Phi) is 3.54. The van der Waals surface area contributed by atoms with Gasteiger partial charge in [0.1, 0.15) is 6.33 Å². The molecular weight excluding hydrogens is 164 g/mol. The average molecular weight is 178 g/mol.